The molecule has 2 N–H and O–H groups in total. The van der Waals surface area contributed by atoms with Crippen LogP contribution in [0.25, 0.3) is 0 Å². The molecule has 88 valence electrons. The first-order valence-corrected chi connectivity index (χ1v) is 8.36. The molecule has 0 radical (unpaired) electrons. The van der Waals surface area contributed by atoms with Crippen LogP contribution in [0.3, 0.4) is 0 Å². The smallest absolute Gasteiger partial charge is 0.0989 e. The van der Waals surface area contributed by atoms with Crippen LogP contribution in [0, 0.1) is 0 Å². The Kier molecular flexibility index (Phi) is 3.93. The second-order valence-electron chi connectivity index (χ2n) is 4.37. The van der Waals surface area contributed by atoms with Crippen LogP contribution < -0.4 is 16.3 Å². The standard InChI is InChI=1S/C15H19NP/c1-17(13-12-16,14-8-4-2-5-9-14)15-10-6-3-7-11-15/h2-11H,12-13,16H2,1H3/q+1. The molecule has 0 aliphatic carbocycles. The van der Waals surface area contributed by atoms with Gasteiger partial charge in [-0.15, -0.1) is 0 Å². The Balaban J connectivity index is 2.47. The van der Waals surface area contributed by atoms with Gasteiger partial charge in [-0.05, 0) is 24.3 Å². The minimum absolute atomic E-state index is 0.744. The summed E-state index contributed by atoms with van der Waals surface area (Å²) in [4.78, 5) is 0. The van der Waals surface area contributed by atoms with Crippen LogP contribution in [0.5, 0.6) is 0 Å². The summed E-state index contributed by atoms with van der Waals surface area (Å²) >= 11 is 0. The molecular weight excluding hydrogens is 225 g/mol. The van der Waals surface area contributed by atoms with E-state index in [1.54, 1.807) is 0 Å². The Morgan fingerprint density at radius 2 is 1.24 bits per heavy atom. The highest BCUT2D eigenvalue weighted by atomic mass is 31.2. The molecule has 0 aliphatic rings. The Labute approximate surface area is 104 Å². The maximum Gasteiger partial charge on any atom is 0.0989 e. The normalized spacial score (nSPS) is 11.4. The third-order valence-corrected chi connectivity index (χ3v) is 7.26. The fourth-order valence-electron chi connectivity index (χ4n) is 2.18. The molecule has 0 spiro atoms. The van der Waals surface area contributed by atoms with E-state index >= 15 is 0 Å². The highest BCUT2D eigenvalue weighted by Crippen LogP contribution is 2.51. The van der Waals surface area contributed by atoms with Crippen molar-refractivity contribution in [2.75, 3.05) is 19.4 Å². The Bertz CT molecular complexity index is 413. The summed E-state index contributed by atoms with van der Waals surface area (Å²) < 4.78 is 0. The van der Waals surface area contributed by atoms with Crippen LogP contribution in [-0.4, -0.2) is 19.4 Å². The lowest BCUT2D eigenvalue weighted by Crippen LogP contribution is -2.27. The monoisotopic (exact) mass is 244 g/mol. The van der Waals surface area contributed by atoms with E-state index in [2.05, 4.69) is 67.3 Å². The number of rotatable bonds is 4. The summed E-state index contributed by atoms with van der Waals surface area (Å²) in [6.07, 6.45) is 1.07. The van der Waals surface area contributed by atoms with Crippen LogP contribution in [0.1, 0.15) is 0 Å². The van der Waals surface area contributed by atoms with Crippen molar-refractivity contribution in [2.24, 2.45) is 5.73 Å². The average molecular weight is 244 g/mol. The number of hydrogen-bond donors (Lipinski definition) is 1. The summed E-state index contributed by atoms with van der Waals surface area (Å²) in [5.41, 5.74) is 5.82. The van der Waals surface area contributed by atoms with Crippen LogP contribution in [0.4, 0.5) is 0 Å². The second-order valence-corrected chi connectivity index (χ2v) is 8.24. The molecule has 2 aromatic carbocycles. The fourth-order valence-corrected chi connectivity index (χ4v) is 5.17. The van der Waals surface area contributed by atoms with Crippen molar-refractivity contribution in [3.63, 3.8) is 0 Å². The summed E-state index contributed by atoms with van der Waals surface area (Å²) in [5.74, 6) is 0. The van der Waals surface area contributed by atoms with E-state index in [-0.39, 0.29) is 0 Å². The fraction of sp³-hybridized carbons (Fsp3) is 0.200. The van der Waals surface area contributed by atoms with Crippen molar-refractivity contribution in [3.8, 4) is 0 Å². The van der Waals surface area contributed by atoms with Gasteiger partial charge in [0, 0.05) is 6.54 Å². The zero-order chi connectivity index (χ0) is 12.1. The molecule has 2 aromatic rings. The topological polar surface area (TPSA) is 26.0 Å². The first-order chi connectivity index (χ1) is 8.27. The predicted octanol–water partition coefficient (Wildman–Crippen LogP) is 2.24. The van der Waals surface area contributed by atoms with Crippen molar-refractivity contribution in [2.45, 2.75) is 0 Å². The lowest BCUT2D eigenvalue weighted by Gasteiger charge is -2.22. The Morgan fingerprint density at radius 3 is 1.59 bits per heavy atom. The molecular formula is C15H19NP+. The van der Waals surface area contributed by atoms with Gasteiger partial charge in [0.25, 0.3) is 0 Å². The Morgan fingerprint density at radius 1 is 0.824 bits per heavy atom. The van der Waals surface area contributed by atoms with Crippen molar-refractivity contribution in [1.82, 2.24) is 0 Å². The van der Waals surface area contributed by atoms with E-state index in [1.165, 1.54) is 10.6 Å². The van der Waals surface area contributed by atoms with E-state index in [0.29, 0.717) is 0 Å². The molecule has 0 aromatic heterocycles. The highest BCUT2D eigenvalue weighted by Gasteiger charge is 2.35. The SMILES string of the molecule is C[P+](CCN)(c1ccccc1)c1ccccc1. The van der Waals surface area contributed by atoms with Gasteiger partial charge in [0.1, 0.15) is 0 Å². The molecule has 0 unspecified atom stereocenters. The molecule has 2 heteroatoms. The molecule has 17 heavy (non-hydrogen) atoms. The minimum Gasteiger partial charge on any atom is -0.327 e. The van der Waals surface area contributed by atoms with Crippen LogP contribution >= 0.6 is 7.26 Å². The van der Waals surface area contributed by atoms with Gasteiger partial charge in [0.05, 0.1) is 30.7 Å². The number of nitrogens with two attached hydrogens (primary N) is 1. The Hall–Kier alpha value is -1.17. The molecule has 0 saturated carbocycles. The van der Waals surface area contributed by atoms with Crippen LogP contribution in [0.2, 0.25) is 0 Å². The molecule has 0 saturated heterocycles. The average Bonchev–Trinajstić information content (AvgIpc) is 2.41. The molecule has 0 aliphatic heterocycles. The lowest BCUT2D eigenvalue weighted by molar-refractivity contribution is 1.14. The van der Waals surface area contributed by atoms with E-state index in [4.69, 9.17) is 5.73 Å². The zero-order valence-corrected chi connectivity index (χ0v) is 11.1. The van der Waals surface area contributed by atoms with Gasteiger partial charge in [0.2, 0.25) is 0 Å². The van der Waals surface area contributed by atoms with Crippen molar-refractivity contribution >= 4 is 17.9 Å². The molecule has 0 atom stereocenters. The summed E-state index contributed by atoms with van der Waals surface area (Å²) in [6.45, 7) is 3.12. The van der Waals surface area contributed by atoms with Gasteiger partial charge in [0.15, 0.2) is 0 Å². The third-order valence-electron chi connectivity index (χ3n) is 3.23. The molecule has 1 nitrogen and oxygen atoms in total. The third kappa shape index (κ3) is 2.57. The maximum absolute atomic E-state index is 5.82. The molecule has 0 amide bonds. The summed E-state index contributed by atoms with van der Waals surface area (Å²) in [5, 5.41) is 2.88. The van der Waals surface area contributed by atoms with Gasteiger partial charge < -0.3 is 5.73 Å². The quantitative estimate of drug-likeness (QED) is 0.820. The number of benzene rings is 2. The van der Waals surface area contributed by atoms with Crippen LogP contribution in [0.15, 0.2) is 60.7 Å². The largest absolute Gasteiger partial charge is 0.327 e. The van der Waals surface area contributed by atoms with Gasteiger partial charge in [-0.3, -0.25) is 0 Å². The van der Waals surface area contributed by atoms with Crippen molar-refractivity contribution in [3.05, 3.63) is 60.7 Å². The summed E-state index contributed by atoms with van der Waals surface area (Å²) in [7, 11) is -1.30. The van der Waals surface area contributed by atoms with E-state index in [1.807, 2.05) is 0 Å². The van der Waals surface area contributed by atoms with Gasteiger partial charge >= 0.3 is 0 Å². The number of hydrogen-bond acceptors (Lipinski definition) is 1. The van der Waals surface area contributed by atoms with Crippen LogP contribution in [-0.2, 0) is 0 Å². The van der Waals surface area contributed by atoms with E-state index < -0.39 is 7.26 Å². The zero-order valence-electron chi connectivity index (χ0n) is 10.2. The lowest BCUT2D eigenvalue weighted by atomic mass is 10.4. The van der Waals surface area contributed by atoms with Crippen molar-refractivity contribution < 1.29 is 0 Å². The molecule has 0 fully saturated rings. The first-order valence-electron chi connectivity index (χ1n) is 5.94. The molecule has 0 bridgehead atoms. The predicted molar refractivity (Wildman–Crippen MR) is 78.9 cm³/mol. The van der Waals surface area contributed by atoms with E-state index in [9.17, 15) is 0 Å². The molecule has 2 rings (SSSR count). The maximum atomic E-state index is 5.82. The molecule has 0 heterocycles. The van der Waals surface area contributed by atoms with Crippen molar-refractivity contribution in [1.29, 1.82) is 0 Å². The first kappa shape index (κ1) is 12.3. The minimum atomic E-state index is -1.30. The summed E-state index contributed by atoms with van der Waals surface area (Å²) in [6, 6.07) is 21.5. The van der Waals surface area contributed by atoms with E-state index in [0.717, 1.165) is 12.7 Å². The van der Waals surface area contributed by atoms with Gasteiger partial charge in [-0.1, -0.05) is 36.4 Å². The van der Waals surface area contributed by atoms with Gasteiger partial charge in [-0.25, -0.2) is 0 Å². The second kappa shape index (κ2) is 5.44. The van der Waals surface area contributed by atoms with Gasteiger partial charge in [-0.2, -0.15) is 0 Å². The highest BCUT2D eigenvalue weighted by molar-refractivity contribution is 7.88.